The Morgan fingerprint density at radius 1 is 0.972 bits per heavy atom. The fourth-order valence-electron chi connectivity index (χ4n) is 4.47. The highest BCUT2D eigenvalue weighted by atomic mass is 32.1. The summed E-state index contributed by atoms with van der Waals surface area (Å²) in [5, 5.41) is 5.95. The Labute approximate surface area is 211 Å². The van der Waals surface area contributed by atoms with E-state index in [1.807, 2.05) is 66.2 Å². The summed E-state index contributed by atoms with van der Waals surface area (Å²) in [6.45, 7) is 0.246. The molecule has 0 radical (unpaired) electrons. The number of thiophene rings is 1. The number of amides is 1. The average Bonchev–Trinajstić information content (AvgIpc) is 3.59. The number of hydrogen-bond donors (Lipinski definition) is 3. The first-order valence-electron chi connectivity index (χ1n) is 11.4. The number of rotatable bonds is 8. The molecule has 0 aliphatic carbocycles. The van der Waals surface area contributed by atoms with Gasteiger partial charge in [0, 0.05) is 35.1 Å². The number of carbonyl (C=O) groups is 1. The lowest BCUT2D eigenvalue weighted by atomic mass is 9.89. The summed E-state index contributed by atoms with van der Waals surface area (Å²) in [6.07, 6.45) is 1.95. The first-order valence-corrected chi connectivity index (χ1v) is 12.3. The largest absolute Gasteiger partial charge is 0.493 e. The first kappa shape index (κ1) is 23.4. The predicted molar refractivity (Wildman–Crippen MR) is 142 cm³/mol. The molecule has 0 saturated carbocycles. The van der Waals surface area contributed by atoms with E-state index in [1.165, 1.54) is 11.3 Å². The van der Waals surface area contributed by atoms with Crippen molar-refractivity contribution in [1.82, 2.24) is 15.3 Å². The molecule has 182 valence electrons. The van der Waals surface area contributed by atoms with E-state index in [-0.39, 0.29) is 18.0 Å². The van der Waals surface area contributed by atoms with E-state index in [1.54, 1.807) is 26.4 Å². The van der Waals surface area contributed by atoms with Crippen LogP contribution in [0.4, 0.5) is 0 Å². The summed E-state index contributed by atoms with van der Waals surface area (Å²) in [5.41, 5.74) is 3.17. The van der Waals surface area contributed by atoms with Gasteiger partial charge in [-0.15, -0.1) is 11.3 Å². The predicted octanol–water partition coefficient (Wildman–Crippen LogP) is 5.16. The number of H-pyrrole nitrogens is 2. The average molecular weight is 500 g/mol. The van der Waals surface area contributed by atoms with Crippen molar-refractivity contribution in [2.75, 3.05) is 20.8 Å². The molecule has 3 aromatic heterocycles. The van der Waals surface area contributed by atoms with E-state index < -0.39 is 11.5 Å². The number of aromatic amines is 2. The van der Waals surface area contributed by atoms with Crippen molar-refractivity contribution in [2.45, 2.75) is 5.92 Å². The third-order valence-electron chi connectivity index (χ3n) is 6.21. The van der Waals surface area contributed by atoms with Crippen LogP contribution in [-0.2, 0) is 0 Å². The topological polar surface area (TPSA) is 96.2 Å². The number of fused-ring (bicyclic) bond motifs is 1. The normalized spacial score (nSPS) is 11.8. The van der Waals surface area contributed by atoms with E-state index in [4.69, 9.17) is 9.47 Å². The zero-order chi connectivity index (χ0) is 25.1. The second-order valence-corrected chi connectivity index (χ2v) is 9.17. The highest BCUT2D eigenvalue weighted by molar-refractivity contribution is 7.13. The van der Waals surface area contributed by atoms with Crippen LogP contribution in [-0.4, -0.2) is 36.6 Å². The molecular formula is C28H25N3O4S. The molecule has 5 aromatic rings. The molecule has 36 heavy (non-hydrogen) atoms. The van der Waals surface area contributed by atoms with Crippen molar-refractivity contribution in [3.05, 3.63) is 105 Å². The maximum absolute atomic E-state index is 13.1. The van der Waals surface area contributed by atoms with Gasteiger partial charge in [0.05, 0.1) is 24.8 Å². The third kappa shape index (κ3) is 4.38. The zero-order valence-electron chi connectivity index (χ0n) is 19.8. The Bertz CT molecular complexity index is 1570. The number of benzene rings is 2. The molecule has 0 fully saturated rings. The van der Waals surface area contributed by atoms with Gasteiger partial charge < -0.3 is 24.8 Å². The first-order chi connectivity index (χ1) is 17.6. The van der Waals surface area contributed by atoms with Crippen LogP contribution in [0.25, 0.3) is 21.5 Å². The Balaban J connectivity index is 1.49. The van der Waals surface area contributed by atoms with Crippen LogP contribution in [0.15, 0.2) is 83.1 Å². The van der Waals surface area contributed by atoms with Crippen molar-refractivity contribution in [2.24, 2.45) is 0 Å². The number of methoxy groups -OCH3 is 2. The highest BCUT2D eigenvalue weighted by Crippen LogP contribution is 2.40. The minimum absolute atomic E-state index is 0.0607. The Hall–Kier alpha value is -4.30. The number of para-hydroxylation sites is 2. The number of pyridine rings is 1. The molecule has 2 aromatic carbocycles. The van der Waals surface area contributed by atoms with Crippen molar-refractivity contribution < 1.29 is 14.3 Å². The molecule has 1 atom stereocenters. The van der Waals surface area contributed by atoms with Crippen LogP contribution in [0.2, 0.25) is 0 Å². The Kier molecular flexibility index (Phi) is 6.60. The summed E-state index contributed by atoms with van der Waals surface area (Å²) in [4.78, 5) is 32.9. The molecule has 0 aliphatic heterocycles. The van der Waals surface area contributed by atoms with Crippen LogP contribution in [0.5, 0.6) is 11.5 Å². The van der Waals surface area contributed by atoms with Crippen molar-refractivity contribution in [3.63, 3.8) is 0 Å². The Morgan fingerprint density at radius 2 is 1.83 bits per heavy atom. The maximum atomic E-state index is 13.1. The highest BCUT2D eigenvalue weighted by Gasteiger charge is 2.25. The number of hydrogen-bond acceptors (Lipinski definition) is 5. The van der Waals surface area contributed by atoms with Crippen LogP contribution in [0.1, 0.15) is 27.4 Å². The minimum atomic E-state index is -0.444. The lowest BCUT2D eigenvalue weighted by Crippen LogP contribution is -2.33. The number of ether oxygens (including phenoxy) is 2. The van der Waals surface area contributed by atoms with Crippen LogP contribution < -0.4 is 20.3 Å². The van der Waals surface area contributed by atoms with E-state index >= 15 is 0 Å². The standard InChI is InChI=1S/C28H25N3O4S/c1-34-24-10-5-8-18(26(24)35-2)21(20-15-29-22-9-4-3-7-17(20)22)16-30-27(32)19-12-13-23(31-28(19)33)25-11-6-14-36-25/h3-15,21,29H,16H2,1-2H3,(H,30,32)(H,31,33). The fourth-order valence-corrected chi connectivity index (χ4v) is 5.18. The maximum Gasteiger partial charge on any atom is 0.261 e. The molecule has 0 spiro atoms. The second kappa shape index (κ2) is 10.1. The van der Waals surface area contributed by atoms with Gasteiger partial charge in [-0.25, -0.2) is 0 Å². The van der Waals surface area contributed by atoms with Gasteiger partial charge in [0.25, 0.3) is 11.5 Å². The summed E-state index contributed by atoms with van der Waals surface area (Å²) in [6, 6.07) is 20.8. The van der Waals surface area contributed by atoms with Crippen molar-refractivity contribution >= 4 is 28.1 Å². The molecule has 0 bridgehead atoms. The molecular weight excluding hydrogens is 474 g/mol. The number of aromatic nitrogens is 2. The number of nitrogens with one attached hydrogen (secondary N) is 3. The van der Waals surface area contributed by atoms with E-state index in [9.17, 15) is 9.59 Å². The van der Waals surface area contributed by atoms with Crippen molar-refractivity contribution in [1.29, 1.82) is 0 Å². The molecule has 5 rings (SSSR count). The summed E-state index contributed by atoms with van der Waals surface area (Å²) in [5.74, 6) is 0.495. The van der Waals surface area contributed by atoms with Gasteiger partial charge in [-0.1, -0.05) is 36.4 Å². The molecule has 0 saturated heterocycles. The molecule has 1 unspecified atom stereocenters. The van der Waals surface area contributed by atoms with Gasteiger partial charge in [-0.2, -0.15) is 0 Å². The SMILES string of the molecule is COc1cccc(C(CNC(=O)c2ccc(-c3cccs3)[nH]c2=O)c2c[nH]c3ccccc23)c1OC. The molecule has 3 heterocycles. The quantitative estimate of drug-likeness (QED) is 0.275. The smallest absolute Gasteiger partial charge is 0.261 e. The molecule has 8 heteroatoms. The van der Waals surface area contributed by atoms with Crippen LogP contribution in [0.3, 0.4) is 0 Å². The van der Waals surface area contributed by atoms with Gasteiger partial charge in [-0.05, 0) is 41.3 Å². The molecule has 7 nitrogen and oxygen atoms in total. The van der Waals surface area contributed by atoms with Crippen LogP contribution >= 0.6 is 11.3 Å². The zero-order valence-corrected chi connectivity index (χ0v) is 20.6. The molecule has 1 amide bonds. The van der Waals surface area contributed by atoms with E-state index in [0.717, 1.165) is 26.9 Å². The van der Waals surface area contributed by atoms with Crippen molar-refractivity contribution in [3.8, 4) is 22.1 Å². The summed E-state index contributed by atoms with van der Waals surface area (Å²) < 4.78 is 11.2. The minimum Gasteiger partial charge on any atom is -0.493 e. The molecule has 0 aliphatic rings. The van der Waals surface area contributed by atoms with Gasteiger partial charge in [-0.3, -0.25) is 9.59 Å². The summed E-state index contributed by atoms with van der Waals surface area (Å²) >= 11 is 1.52. The van der Waals surface area contributed by atoms with Crippen LogP contribution in [0, 0.1) is 0 Å². The second-order valence-electron chi connectivity index (χ2n) is 8.23. The van der Waals surface area contributed by atoms with E-state index in [0.29, 0.717) is 17.2 Å². The number of carbonyl (C=O) groups excluding carboxylic acids is 1. The van der Waals surface area contributed by atoms with Gasteiger partial charge >= 0.3 is 0 Å². The lowest BCUT2D eigenvalue weighted by Gasteiger charge is -2.22. The monoisotopic (exact) mass is 499 g/mol. The lowest BCUT2D eigenvalue weighted by molar-refractivity contribution is 0.0951. The third-order valence-corrected chi connectivity index (χ3v) is 7.12. The van der Waals surface area contributed by atoms with Gasteiger partial charge in [0.1, 0.15) is 5.56 Å². The van der Waals surface area contributed by atoms with Gasteiger partial charge in [0.2, 0.25) is 0 Å². The summed E-state index contributed by atoms with van der Waals surface area (Å²) in [7, 11) is 3.19. The fraction of sp³-hybridized carbons (Fsp3) is 0.143. The Morgan fingerprint density at radius 3 is 2.58 bits per heavy atom. The van der Waals surface area contributed by atoms with Gasteiger partial charge in [0.15, 0.2) is 11.5 Å². The van der Waals surface area contributed by atoms with E-state index in [2.05, 4.69) is 15.3 Å². The molecule has 3 N–H and O–H groups in total.